The molecule has 122 valence electrons. The van der Waals surface area contributed by atoms with Crippen molar-refractivity contribution in [1.82, 2.24) is 15.1 Å². The van der Waals surface area contributed by atoms with Gasteiger partial charge in [0.2, 0.25) is 6.04 Å². The zero-order valence-electron chi connectivity index (χ0n) is 11.5. The van der Waals surface area contributed by atoms with Gasteiger partial charge in [-0.05, 0) is 6.92 Å². The molecule has 1 aromatic rings. The van der Waals surface area contributed by atoms with E-state index in [2.05, 4.69) is 9.84 Å². The third-order valence-electron chi connectivity index (χ3n) is 2.39. The number of hydrogen-bond donors (Lipinski definition) is 2. The van der Waals surface area contributed by atoms with Crippen molar-refractivity contribution in [2.24, 2.45) is 7.05 Å². The van der Waals surface area contributed by atoms with E-state index in [1.807, 2.05) is 0 Å². The van der Waals surface area contributed by atoms with E-state index in [1.54, 1.807) is 5.32 Å². The first-order valence-electron chi connectivity index (χ1n) is 5.89. The Hall–Kier alpha value is -2.59. The largest absolute Gasteiger partial charge is 0.479 e. The lowest BCUT2D eigenvalue weighted by molar-refractivity contribution is -0.154. The second kappa shape index (κ2) is 6.45. The van der Waals surface area contributed by atoms with Crippen LogP contribution in [0.5, 0.6) is 0 Å². The van der Waals surface area contributed by atoms with Crippen LogP contribution in [-0.4, -0.2) is 45.4 Å². The van der Waals surface area contributed by atoms with Crippen LogP contribution in [0.1, 0.15) is 23.0 Å². The Morgan fingerprint density at radius 3 is 2.50 bits per heavy atom. The summed E-state index contributed by atoms with van der Waals surface area (Å²) in [5.74, 6) is -4.45. The van der Waals surface area contributed by atoms with Crippen LogP contribution in [0.15, 0.2) is 6.20 Å². The van der Waals surface area contributed by atoms with Crippen molar-refractivity contribution < 1.29 is 37.4 Å². The molecule has 0 aliphatic heterocycles. The molecule has 8 nitrogen and oxygen atoms in total. The van der Waals surface area contributed by atoms with Gasteiger partial charge in [-0.15, -0.1) is 0 Å². The van der Waals surface area contributed by atoms with Crippen molar-refractivity contribution in [3.63, 3.8) is 0 Å². The zero-order chi connectivity index (χ0) is 17.1. The first kappa shape index (κ1) is 17.5. The maximum atomic E-state index is 12.7. The number of alkyl halides is 3. The molecule has 1 aromatic heterocycles. The monoisotopic (exact) mass is 323 g/mol. The summed E-state index contributed by atoms with van der Waals surface area (Å²) in [6.07, 6.45) is -4.14. The summed E-state index contributed by atoms with van der Waals surface area (Å²) in [4.78, 5) is 34.1. The smallest absolute Gasteiger partial charge is 0.435 e. The van der Waals surface area contributed by atoms with Crippen LogP contribution in [0.2, 0.25) is 0 Å². The number of esters is 1. The fourth-order valence-corrected chi connectivity index (χ4v) is 1.52. The fourth-order valence-electron chi connectivity index (χ4n) is 1.52. The zero-order valence-corrected chi connectivity index (χ0v) is 11.5. The number of rotatable bonds is 5. The molecule has 2 N–H and O–H groups in total. The molecule has 0 aliphatic carbocycles. The molecule has 0 bridgehead atoms. The number of carbonyl (C=O) groups is 3. The van der Waals surface area contributed by atoms with E-state index in [9.17, 15) is 27.6 Å². The summed E-state index contributed by atoms with van der Waals surface area (Å²) in [6.45, 7) is 1.25. The molecule has 22 heavy (non-hydrogen) atoms. The van der Waals surface area contributed by atoms with E-state index < -0.39 is 41.3 Å². The van der Waals surface area contributed by atoms with Gasteiger partial charge >= 0.3 is 18.1 Å². The van der Waals surface area contributed by atoms with E-state index in [-0.39, 0.29) is 6.61 Å². The second-order valence-electron chi connectivity index (χ2n) is 4.06. The minimum Gasteiger partial charge on any atom is -0.479 e. The van der Waals surface area contributed by atoms with Gasteiger partial charge in [-0.2, -0.15) is 18.3 Å². The number of aryl methyl sites for hydroxylation is 1. The number of amides is 1. The minimum atomic E-state index is -4.91. The highest BCUT2D eigenvalue weighted by Crippen LogP contribution is 2.30. The van der Waals surface area contributed by atoms with Crippen LogP contribution >= 0.6 is 0 Å². The number of carboxylic acid groups (broad SMARTS) is 1. The summed E-state index contributed by atoms with van der Waals surface area (Å²) in [5.41, 5.74) is -2.38. The van der Waals surface area contributed by atoms with Crippen LogP contribution in [0, 0.1) is 0 Å². The lowest BCUT2D eigenvalue weighted by atomic mass is 10.2. The van der Waals surface area contributed by atoms with Crippen molar-refractivity contribution >= 4 is 17.8 Å². The summed E-state index contributed by atoms with van der Waals surface area (Å²) >= 11 is 0. The highest BCUT2D eigenvalue weighted by atomic mass is 19.4. The molecule has 1 heterocycles. The van der Waals surface area contributed by atoms with Gasteiger partial charge in [0.15, 0.2) is 5.69 Å². The number of nitrogens with one attached hydrogen (secondary N) is 1. The lowest BCUT2D eigenvalue weighted by Gasteiger charge is -2.13. The third-order valence-corrected chi connectivity index (χ3v) is 2.39. The highest BCUT2D eigenvalue weighted by molar-refractivity contribution is 6.05. The molecule has 0 saturated heterocycles. The number of ether oxygens (including phenoxy) is 1. The van der Waals surface area contributed by atoms with Gasteiger partial charge in [-0.3, -0.25) is 9.48 Å². The topological polar surface area (TPSA) is 111 Å². The van der Waals surface area contributed by atoms with E-state index >= 15 is 0 Å². The molecule has 1 amide bonds. The summed E-state index contributed by atoms with van der Waals surface area (Å²) in [5, 5.41) is 13.6. The number of aliphatic carboxylic acids is 1. The fraction of sp³-hybridized carbons (Fsp3) is 0.455. The molecule has 0 saturated carbocycles. The predicted molar refractivity (Wildman–Crippen MR) is 63.7 cm³/mol. The molecule has 1 atom stereocenters. The minimum absolute atomic E-state index is 0.154. The van der Waals surface area contributed by atoms with Gasteiger partial charge in [0, 0.05) is 13.2 Å². The molecule has 0 fully saturated rings. The Bertz CT molecular complexity index is 596. The third kappa shape index (κ3) is 3.96. The van der Waals surface area contributed by atoms with Gasteiger partial charge in [-0.1, -0.05) is 0 Å². The van der Waals surface area contributed by atoms with Crippen LogP contribution in [0.3, 0.4) is 0 Å². The summed E-state index contributed by atoms with van der Waals surface area (Å²) < 4.78 is 43.4. The van der Waals surface area contributed by atoms with Gasteiger partial charge in [0.25, 0.3) is 5.91 Å². The van der Waals surface area contributed by atoms with E-state index in [0.29, 0.717) is 0 Å². The molecular weight excluding hydrogens is 311 g/mol. The van der Waals surface area contributed by atoms with Crippen LogP contribution < -0.4 is 5.32 Å². The Kier molecular flexibility index (Phi) is 5.12. The van der Waals surface area contributed by atoms with Gasteiger partial charge in [0.05, 0.1) is 12.2 Å². The maximum Gasteiger partial charge on any atom is 0.435 e. The quantitative estimate of drug-likeness (QED) is 0.591. The lowest BCUT2D eigenvalue weighted by Crippen LogP contribution is -2.47. The van der Waals surface area contributed by atoms with Crippen molar-refractivity contribution in [1.29, 1.82) is 0 Å². The number of nitrogens with zero attached hydrogens (tertiary/aromatic N) is 2. The number of carbonyl (C=O) groups excluding carboxylic acids is 2. The maximum absolute atomic E-state index is 12.7. The van der Waals surface area contributed by atoms with Crippen LogP contribution in [-0.2, 0) is 27.5 Å². The van der Waals surface area contributed by atoms with Crippen LogP contribution in [0.4, 0.5) is 13.2 Å². The molecule has 1 rings (SSSR count). The van der Waals surface area contributed by atoms with Crippen molar-refractivity contribution in [3.8, 4) is 0 Å². The Morgan fingerprint density at radius 2 is 2.05 bits per heavy atom. The van der Waals surface area contributed by atoms with Crippen molar-refractivity contribution in [3.05, 3.63) is 17.5 Å². The number of halogens is 3. The summed E-state index contributed by atoms with van der Waals surface area (Å²) in [7, 11) is 1.16. The Balaban J connectivity index is 3.06. The Labute approximate surface area is 121 Å². The van der Waals surface area contributed by atoms with Crippen LogP contribution in [0.25, 0.3) is 0 Å². The second-order valence-corrected chi connectivity index (χ2v) is 4.06. The molecule has 11 heteroatoms. The van der Waals surface area contributed by atoms with Crippen molar-refractivity contribution in [2.75, 3.05) is 6.61 Å². The SMILES string of the molecule is CCOC(=O)C(NC(=O)c1cn(C)nc1C(F)(F)F)C(=O)O. The number of hydrogen-bond acceptors (Lipinski definition) is 5. The van der Waals surface area contributed by atoms with E-state index in [1.165, 1.54) is 6.92 Å². The first-order chi connectivity index (χ1) is 10.1. The highest BCUT2D eigenvalue weighted by Gasteiger charge is 2.40. The van der Waals surface area contributed by atoms with E-state index in [4.69, 9.17) is 5.11 Å². The average molecular weight is 323 g/mol. The molecule has 0 spiro atoms. The average Bonchev–Trinajstić information content (AvgIpc) is 2.77. The van der Waals surface area contributed by atoms with Crippen molar-refractivity contribution in [2.45, 2.75) is 19.1 Å². The van der Waals surface area contributed by atoms with Gasteiger partial charge in [-0.25, -0.2) is 9.59 Å². The first-order valence-corrected chi connectivity index (χ1v) is 5.89. The predicted octanol–water partition coefficient (Wildman–Crippen LogP) is 0.185. The summed E-state index contributed by atoms with van der Waals surface area (Å²) in [6, 6.07) is -2.12. The number of carboxylic acids is 1. The molecule has 1 unspecified atom stereocenters. The molecule has 0 aromatic carbocycles. The normalized spacial score (nSPS) is 12.6. The molecular formula is C11H12F3N3O5. The number of aromatic nitrogens is 2. The van der Waals surface area contributed by atoms with Gasteiger partial charge < -0.3 is 15.2 Å². The molecule has 0 radical (unpaired) electrons. The van der Waals surface area contributed by atoms with Gasteiger partial charge in [0.1, 0.15) is 0 Å². The van der Waals surface area contributed by atoms with E-state index in [0.717, 1.165) is 17.9 Å². The Morgan fingerprint density at radius 1 is 1.45 bits per heavy atom. The standard InChI is InChI=1S/C11H12F3N3O5/c1-3-22-10(21)6(9(19)20)15-8(18)5-4-17(2)16-7(5)11(12,13)14/h4,6H,3H2,1-2H3,(H,15,18)(H,19,20). The molecule has 0 aliphatic rings.